The van der Waals surface area contributed by atoms with Crippen molar-refractivity contribution in [1.29, 1.82) is 0 Å². The van der Waals surface area contributed by atoms with Gasteiger partial charge < -0.3 is 24.8 Å². The van der Waals surface area contributed by atoms with E-state index in [1.807, 2.05) is 0 Å². The lowest BCUT2D eigenvalue weighted by Gasteiger charge is -2.37. The molecule has 2 atom stereocenters. The zero-order valence-electron chi connectivity index (χ0n) is 17.4. The number of ether oxygens (including phenoxy) is 2. The maximum atomic E-state index is 12.7. The fourth-order valence-corrected chi connectivity index (χ4v) is 3.96. The molecule has 2 aromatic carbocycles. The van der Waals surface area contributed by atoms with Crippen molar-refractivity contribution in [3.05, 3.63) is 47.5 Å². The van der Waals surface area contributed by atoms with Crippen molar-refractivity contribution in [1.82, 2.24) is 4.90 Å². The normalized spacial score (nSPS) is 19.0. The number of nitrogens with one attached hydrogen (secondary N) is 1. The highest BCUT2D eigenvalue weighted by molar-refractivity contribution is 6.33. The molecule has 174 valence electrons. The van der Waals surface area contributed by atoms with E-state index in [-0.39, 0.29) is 41.6 Å². The first kappa shape index (κ1) is 24.2. The second-order valence-corrected chi connectivity index (χ2v) is 7.88. The first-order chi connectivity index (χ1) is 15.1. The molecule has 10 heteroatoms. The summed E-state index contributed by atoms with van der Waals surface area (Å²) in [4.78, 5) is 13.4. The minimum Gasteiger partial charge on any atom is -0.405 e. The van der Waals surface area contributed by atoms with E-state index in [1.54, 1.807) is 29.2 Å². The van der Waals surface area contributed by atoms with Crippen LogP contribution < -0.4 is 10.1 Å². The molecule has 1 aliphatic rings. The summed E-state index contributed by atoms with van der Waals surface area (Å²) in [7, 11) is 0. The number of carbonyl (C=O) groups is 1. The Morgan fingerprint density at radius 3 is 2.69 bits per heavy atom. The molecule has 0 radical (unpaired) electrons. The third-order valence-corrected chi connectivity index (χ3v) is 5.47. The maximum absolute atomic E-state index is 12.7. The number of amides is 1. The van der Waals surface area contributed by atoms with Gasteiger partial charge >= 0.3 is 6.36 Å². The number of alkyl halides is 3. The van der Waals surface area contributed by atoms with Gasteiger partial charge in [-0.3, -0.25) is 4.79 Å². The number of benzene rings is 2. The quantitative estimate of drug-likeness (QED) is 0.453. The van der Waals surface area contributed by atoms with E-state index in [0.29, 0.717) is 30.6 Å². The highest BCUT2D eigenvalue weighted by atomic mass is 35.5. The molecule has 1 fully saturated rings. The minimum absolute atomic E-state index is 0.0596. The van der Waals surface area contributed by atoms with Crippen LogP contribution in [0, 0.1) is 0 Å². The zero-order chi connectivity index (χ0) is 23.3. The number of aliphatic hydroxyl groups excluding tert-OH is 1. The number of aliphatic hydroxyl groups is 1. The predicted octanol–water partition coefficient (Wildman–Crippen LogP) is 4.66. The summed E-state index contributed by atoms with van der Waals surface area (Å²) in [6, 6.07) is 10.4. The van der Waals surface area contributed by atoms with Crippen molar-refractivity contribution in [3.63, 3.8) is 0 Å². The van der Waals surface area contributed by atoms with E-state index in [1.165, 1.54) is 25.1 Å². The van der Waals surface area contributed by atoms with Crippen LogP contribution in [0.4, 0.5) is 18.9 Å². The van der Waals surface area contributed by atoms with Crippen molar-refractivity contribution in [2.24, 2.45) is 0 Å². The van der Waals surface area contributed by atoms with Gasteiger partial charge in [0.1, 0.15) is 12.5 Å². The summed E-state index contributed by atoms with van der Waals surface area (Å²) < 4.78 is 47.8. The molecule has 0 aliphatic carbocycles. The third kappa shape index (κ3) is 6.51. The summed E-state index contributed by atoms with van der Waals surface area (Å²) in [6.07, 6.45) is -4.26. The smallest absolute Gasteiger partial charge is 0.405 e. The number of piperidine rings is 1. The Kier molecular flexibility index (Phi) is 7.86. The molecule has 1 heterocycles. The number of para-hydroxylation sites is 1. The van der Waals surface area contributed by atoms with Crippen LogP contribution in [0.2, 0.25) is 5.02 Å². The van der Waals surface area contributed by atoms with E-state index >= 15 is 0 Å². The lowest BCUT2D eigenvalue weighted by Crippen LogP contribution is -2.49. The molecule has 1 saturated heterocycles. The molecule has 0 saturated carbocycles. The standard InChI is InChI=1S/C22H24ClF3N2O4/c1-14(29)28-9-8-17(30)11-16(28)12-31-13-27-15-6-7-18(20(23)10-15)19-4-2-3-5-21(19)32-22(24,25)26/h2-7,10,16-17,27,30H,8-9,11-13H2,1H3/t16-,17-/m1/s1. The average molecular weight is 473 g/mol. The van der Waals surface area contributed by atoms with Gasteiger partial charge in [-0.05, 0) is 31.0 Å². The second-order valence-electron chi connectivity index (χ2n) is 7.47. The van der Waals surface area contributed by atoms with E-state index in [4.69, 9.17) is 16.3 Å². The largest absolute Gasteiger partial charge is 0.573 e. The predicted molar refractivity (Wildman–Crippen MR) is 114 cm³/mol. The minimum atomic E-state index is -4.81. The van der Waals surface area contributed by atoms with Crippen molar-refractivity contribution in [2.75, 3.05) is 25.2 Å². The number of hydrogen-bond acceptors (Lipinski definition) is 5. The van der Waals surface area contributed by atoms with Gasteiger partial charge in [-0.25, -0.2) is 0 Å². The lowest BCUT2D eigenvalue weighted by molar-refractivity contribution is -0.274. The topological polar surface area (TPSA) is 71.0 Å². The monoisotopic (exact) mass is 472 g/mol. The molecule has 6 nitrogen and oxygen atoms in total. The number of carbonyl (C=O) groups excluding carboxylic acids is 1. The Labute approximate surface area is 188 Å². The van der Waals surface area contributed by atoms with Gasteiger partial charge in [0.2, 0.25) is 5.91 Å². The van der Waals surface area contributed by atoms with Crippen LogP contribution >= 0.6 is 11.6 Å². The number of likely N-dealkylation sites (tertiary alicyclic amines) is 1. The Balaban J connectivity index is 1.60. The SMILES string of the molecule is CC(=O)N1CC[C@@H](O)C[C@@H]1COCNc1ccc(-c2ccccc2OC(F)(F)F)c(Cl)c1. The number of halogens is 4. The average Bonchev–Trinajstić information content (AvgIpc) is 2.71. The van der Waals surface area contributed by atoms with E-state index in [9.17, 15) is 23.1 Å². The first-order valence-corrected chi connectivity index (χ1v) is 10.4. The summed E-state index contributed by atoms with van der Waals surface area (Å²) >= 11 is 6.32. The Bertz CT molecular complexity index is 942. The highest BCUT2D eigenvalue weighted by Crippen LogP contribution is 2.38. The van der Waals surface area contributed by atoms with Crippen LogP contribution in [0.1, 0.15) is 19.8 Å². The molecule has 3 rings (SSSR count). The van der Waals surface area contributed by atoms with Crippen LogP contribution in [0.25, 0.3) is 11.1 Å². The van der Waals surface area contributed by atoms with Gasteiger partial charge in [-0.15, -0.1) is 13.2 Å². The molecule has 0 bridgehead atoms. The molecular weight excluding hydrogens is 449 g/mol. The van der Waals surface area contributed by atoms with E-state index < -0.39 is 12.5 Å². The van der Waals surface area contributed by atoms with Crippen molar-refractivity contribution < 1.29 is 32.5 Å². The van der Waals surface area contributed by atoms with Crippen molar-refractivity contribution in [2.45, 2.75) is 38.3 Å². The molecule has 0 spiro atoms. The van der Waals surface area contributed by atoms with Gasteiger partial charge in [0, 0.05) is 30.3 Å². The van der Waals surface area contributed by atoms with Gasteiger partial charge in [0.15, 0.2) is 0 Å². The van der Waals surface area contributed by atoms with Crippen LogP contribution in [0.15, 0.2) is 42.5 Å². The van der Waals surface area contributed by atoms with Gasteiger partial charge in [-0.1, -0.05) is 35.9 Å². The lowest BCUT2D eigenvalue weighted by atomic mass is 10.00. The molecule has 2 aromatic rings. The molecular formula is C22H24ClF3N2O4. The molecule has 32 heavy (non-hydrogen) atoms. The van der Waals surface area contributed by atoms with Crippen LogP contribution in [0.3, 0.4) is 0 Å². The van der Waals surface area contributed by atoms with Gasteiger partial charge in [-0.2, -0.15) is 0 Å². The zero-order valence-corrected chi connectivity index (χ0v) is 18.1. The number of nitrogens with zero attached hydrogens (tertiary/aromatic N) is 1. The number of anilines is 1. The summed E-state index contributed by atoms with van der Waals surface area (Å²) in [5, 5.41) is 13.1. The summed E-state index contributed by atoms with van der Waals surface area (Å²) in [5.41, 5.74) is 1.23. The number of rotatable bonds is 7. The van der Waals surface area contributed by atoms with Crippen LogP contribution in [-0.4, -0.2) is 54.3 Å². The van der Waals surface area contributed by atoms with Crippen LogP contribution in [0.5, 0.6) is 5.75 Å². The third-order valence-electron chi connectivity index (χ3n) is 5.15. The fourth-order valence-electron chi connectivity index (χ4n) is 3.68. The van der Waals surface area contributed by atoms with E-state index in [2.05, 4.69) is 10.1 Å². The molecule has 1 amide bonds. The first-order valence-electron chi connectivity index (χ1n) is 10.1. The van der Waals surface area contributed by atoms with Gasteiger partial charge in [0.25, 0.3) is 0 Å². The Morgan fingerprint density at radius 2 is 2.00 bits per heavy atom. The molecule has 0 aromatic heterocycles. The highest BCUT2D eigenvalue weighted by Gasteiger charge is 2.32. The van der Waals surface area contributed by atoms with E-state index in [0.717, 1.165) is 0 Å². The molecule has 0 unspecified atom stereocenters. The Morgan fingerprint density at radius 1 is 1.25 bits per heavy atom. The molecule has 2 N–H and O–H groups in total. The fraction of sp³-hybridized carbons (Fsp3) is 0.409. The Hall–Kier alpha value is -2.49. The van der Waals surface area contributed by atoms with Gasteiger partial charge in [0.05, 0.1) is 23.8 Å². The van der Waals surface area contributed by atoms with Crippen LogP contribution in [-0.2, 0) is 9.53 Å². The summed E-state index contributed by atoms with van der Waals surface area (Å²) in [5.74, 6) is -0.397. The molecule has 1 aliphatic heterocycles. The second kappa shape index (κ2) is 10.4. The van der Waals surface area contributed by atoms with Crippen molar-refractivity contribution in [3.8, 4) is 16.9 Å². The maximum Gasteiger partial charge on any atom is 0.573 e. The van der Waals surface area contributed by atoms with Crippen molar-refractivity contribution >= 4 is 23.2 Å². The number of hydrogen-bond donors (Lipinski definition) is 2. The summed E-state index contributed by atoms with van der Waals surface area (Å²) in [6.45, 7) is 2.37.